The van der Waals surface area contributed by atoms with E-state index in [4.69, 9.17) is 5.11 Å². The number of amides is 1. The highest BCUT2D eigenvalue weighted by Gasteiger charge is 2.19. The van der Waals surface area contributed by atoms with E-state index in [2.05, 4.69) is 6.58 Å². The van der Waals surface area contributed by atoms with Crippen molar-refractivity contribution in [1.29, 1.82) is 0 Å². The van der Waals surface area contributed by atoms with Gasteiger partial charge in [0, 0.05) is 18.9 Å². The summed E-state index contributed by atoms with van der Waals surface area (Å²) in [4.78, 5) is 24.1. The molecule has 4 nitrogen and oxygen atoms in total. The number of rotatable bonds is 7. The summed E-state index contributed by atoms with van der Waals surface area (Å²) in [5, 5.41) is 8.76. The Bertz CT molecular complexity index is 442. The number of hydrogen-bond donors (Lipinski definition) is 1. The van der Waals surface area contributed by atoms with E-state index in [-0.39, 0.29) is 24.8 Å². The van der Waals surface area contributed by atoms with Crippen LogP contribution in [0.15, 0.2) is 43.0 Å². The third-order valence-corrected chi connectivity index (χ3v) is 2.97. The van der Waals surface area contributed by atoms with Gasteiger partial charge in [-0.05, 0) is 12.5 Å². The number of aliphatic carboxylic acids is 1. The lowest BCUT2D eigenvalue weighted by molar-refractivity contribution is -0.144. The number of likely N-dealkylation sites (N-methyl/N-ethyl adjacent to an activating group) is 1. The Morgan fingerprint density at radius 2 is 2.00 bits per heavy atom. The van der Waals surface area contributed by atoms with Crippen molar-refractivity contribution in [2.75, 3.05) is 13.1 Å². The van der Waals surface area contributed by atoms with Crippen molar-refractivity contribution in [3.8, 4) is 0 Å². The molecule has 1 unspecified atom stereocenters. The lowest BCUT2D eigenvalue weighted by atomic mass is 9.95. The van der Waals surface area contributed by atoms with Crippen LogP contribution in [0.1, 0.15) is 24.8 Å². The molecule has 1 aromatic carbocycles. The Morgan fingerprint density at radius 1 is 1.37 bits per heavy atom. The van der Waals surface area contributed by atoms with Crippen LogP contribution in [0.25, 0.3) is 0 Å². The lowest BCUT2D eigenvalue weighted by Gasteiger charge is -2.21. The number of benzene rings is 1. The minimum Gasteiger partial charge on any atom is -0.480 e. The standard InChI is InChI=1S/C15H19NO3/c1-3-12(13-8-6-5-7-9-13)10-14(17)16(4-2)11-15(18)19/h3,5-9,12H,1,4,10-11H2,2H3,(H,18,19). The summed E-state index contributed by atoms with van der Waals surface area (Å²) in [6, 6.07) is 9.60. The largest absolute Gasteiger partial charge is 0.480 e. The predicted molar refractivity (Wildman–Crippen MR) is 73.9 cm³/mol. The molecule has 0 fully saturated rings. The van der Waals surface area contributed by atoms with Crippen molar-refractivity contribution in [3.05, 3.63) is 48.6 Å². The summed E-state index contributed by atoms with van der Waals surface area (Å²) in [5.74, 6) is -1.25. The topological polar surface area (TPSA) is 57.6 Å². The molecule has 0 saturated carbocycles. The molecule has 0 aromatic heterocycles. The van der Waals surface area contributed by atoms with Gasteiger partial charge in [-0.3, -0.25) is 9.59 Å². The highest BCUT2D eigenvalue weighted by Crippen LogP contribution is 2.21. The molecule has 0 radical (unpaired) electrons. The summed E-state index contributed by atoms with van der Waals surface area (Å²) in [6.07, 6.45) is 1.97. The van der Waals surface area contributed by atoms with Crippen molar-refractivity contribution in [2.45, 2.75) is 19.3 Å². The quantitative estimate of drug-likeness (QED) is 0.766. The van der Waals surface area contributed by atoms with Gasteiger partial charge in [0.25, 0.3) is 0 Å². The molecular formula is C15H19NO3. The van der Waals surface area contributed by atoms with Crippen LogP contribution in [0.4, 0.5) is 0 Å². The molecule has 19 heavy (non-hydrogen) atoms. The Balaban J connectivity index is 2.72. The fourth-order valence-corrected chi connectivity index (χ4v) is 1.89. The lowest BCUT2D eigenvalue weighted by Crippen LogP contribution is -2.36. The molecule has 0 saturated heterocycles. The minimum absolute atomic E-state index is 0.0865. The van der Waals surface area contributed by atoms with E-state index in [1.807, 2.05) is 30.3 Å². The van der Waals surface area contributed by atoms with Crippen LogP contribution in [-0.4, -0.2) is 35.0 Å². The Kier molecular flexibility index (Phi) is 5.79. The van der Waals surface area contributed by atoms with E-state index >= 15 is 0 Å². The summed E-state index contributed by atoms with van der Waals surface area (Å²) in [7, 11) is 0. The van der Waals surface area contributed by atoms with Gasteiger partial charge < -0.3 is 10.0 Å². The van der Waals surface area contributed by atoms with Crippen LogP contribution < -0.4 is 0 Å². The molecule has 4 heteroatoms. The Labute approximate surface area is 113 Å². The molecule has 0 heterocycles. The average Bonchev–Trinajstić information content (AvgIpc) is 2.42. The Hall–Kier alpha value is -2.10. The predicted octanol–water partition coefficient (Wildman–Crippen LogP) is 2.28. The molecule has 1 aromatic rings. The van der Waals surface area contributed by atoms with Crippen LogP contribution in [0.5, 0.6) is 0 Å². The third-order valence-electron chi connectivity index (χ3n) is 2.97. The average molecular weight is 261 g/mol. The smallest absolute Gasteiger partial charge is 0.323 e. The second kappa shape index (κ2) is 7.36. The molecule has 102 valence electrons. The zero-order valence-electron chi connectivity index (χ0n) is 11.1. The van der Waals surface area contributed by atoms with E-state index in [1.165, 1.54) is 4.90 Å². The maximum absolute atomic E-state index is 12.1. The molecule has 0 aliphatic rings. The van der Waals surface area contributed by atoms with Gasteiger partial charge in [-0.15, -0.1) is 6.58 Å². The van der Waals surface area contributed by atoms with Crippen LogP contribution in [0, 0.1) is 0 Å². The number of carboxylic acids is 1. The first-order valence-corrected chi connectivity index (χ1v) is 6.25. The van der Waals surface area contributed by atoms with E-state index in [9.17, 15) is 9.59 Å². The van der Waals surface area contributed by atoms with Crippen LogP contribution in [-0.2, 0) is 9.59 Å². The van der Waals surface area contributed by atoms with Gasteiger partial charge in [0.2, 0.25) is 5.91 Å². The third kappa shape index (κ3) is 4.58. The van der Waals surface area contributed by atoms with Gasteiger partial charge in [-0.25, -0.2) is 0 Å². The van der Waals surface area contributed by atoms with Gasteiger partial charge in [0.15, 0.2) is 0 Å². The van der Waals surface area contributed by atoms with Gasteiger partial charge in [0.05, 0.1) is 0 Å². The fourth-order valence-electron chi connectivity index (χ4n) is 1.89. The number of carboxylic acid groups (broad SMARTS) is 1. The Morgan fingerprint density at radius 3 is 2.47 bits per heavy atom. The summed E-state index contributed by atoms with van der Waals surface area (Å²) in [5.41, 5.74) is 1.01. The van der Waals surface area contributed by atoms with Gasteiger partial charge in [-0.2, -0.15) is 0 Å². The number of hydrogen-bond acceptors (Lipinski definition) is 2. The second-order valence-corrected chi connectivity index (χ2v) is 4.26. The molecule has 0 aliphatic carbocycles. The first-order chi connectivity index (χ1) is 9.08. The second-order valence-electron chi connectivity index (χ2n) is 4.26. The summed E-state index contributed by atoms with van der Waals surface area (Å²) in [6.45, 7) is 5.66. The number of allylic oxidation sites excluding steroid dienone is 1. The molecule has 1 amide bonds. The maximum Gasteiger partial charge on any atom is 0.323 e. The van der Waals surface area contributed by atoms with Crippen LogP contribution in [0.2, 0.25) is 0 Å². The number of nitrogens with zero attached hydrogens (tertiary/aromatic N) is 1. The zero-order chi connectivity index (χ0) is 14.3. The van der Waals surface area contributed by atoms with E-state index in [0.717, 1.165) is 5.56 Å². The normalized spacial score (nSPS) is 11.6. The van der Waals surface area contributed by atoms with Crippen molar-refractivity contribution in [2.24, 2.45) is 0 Å². The molecule has 1 N–H and O–H groups in total. The van der Waals surface area contributed by atoms with Gasteiger partial charge in [-0.1, -0.05) is 36.4 Å². The van der Waals surface area contributed by atoms with E-state index in [1.54, 1.807) is 13.0 Å². The first kappa shape index (κ1) is 15.0. The molecule has 0 aliphatic heterocycles. The number of carbonyl (C=O) groups is 2. The summed E-state index contributed by atoms with van der Waals surface area (Å²) >= 11 is 0. The highest BCUT2D eigenvalue weighted by atomic mass is 16.4. The monoisotopic (exact) mass is 261 g/mol. The summed E-state index contributed by atoms with van der Waals surface area (Å²) < 4.78 is 0. The first-order valence-electron chi connectivity index (χ1n) is 6.25. The van der Waals surface area contributed by atoms with E-state index in [0.29, 0.717) is 6.54 Å². The zero-order valence-corrected chi connectivity index (χ0v) is 11.1. The molecule has 0 bridgehead atoms. The van der Waals surface area contributed by atoms with Crippen molar-refractivity contribution < 1.29 is 14.7 Å². The number of carbonyl (C=O) groups excluding carboxylic acids is 1. The molecular weight excluding hydrogens is 242 g/mol. The molecule has 1 rings (SSSR count). The van der Waals surface area contributed by atoms with Gasteiger partial charge in [0.1, 0.15) is 6.54 Å². The van der Waals surface area contributed by atoms with Crippen LogP contribution in [0.3, 0.4) is 0 Å². The van der Waals surface area contributed by atoms with E-state index < -0.39 is 5.97 Å². The van der Waals surface area contributed by atoms with Crippen LogP contribution >= 0.6 is 0 Å². The molecule has 0 spiro atoms. The maximum atomic E-state index is 12.1. The van der Waals surface area contributed by atoms with Crippen molar-refractivity contribution in [1.82, 2.24) is 4.90 Å². The minimum atomic E-state index is -0.995. The highest BCUT2D eigenvalue weighted by molar-refractivity contribution is 5.82. The SMILES string of the molecule is C=CC(CC(=O)N(CC)CC(=O)O)c1ccccc1. The van der Waals surface area contributed by atoms with Gasteiger partial charge >= 0.3 is 5.97 Å². The van der Waals surface area contributed by atoms with Crippen molar-refractivity contribution in [3.63, 3.8) is 0 Å². The molecule has 1 atom stereocenters. The van der Waals surface area contributed by atoms with Crippen molar-refractivity contribution >= 4 is 11.9 Å². The fraction of sp³-hybridized carbons (Fsp3) is 0.333.